The highest BCUT2D eigenvalue weighted by Crippen LogP contribution is 2.46. The molecule has 4 rings (SSSR count). The molecular weight excluding hydrogens is 436 g/mol. The zero-order valence-electron chi connectivity index (χ0n) is 15.1. The minimum atomic E-state index is -0.508. The maximum absolute atomic E-state index is 12.8. The molecule has 6 heteroatoms. The Morgan fingerprint density at radius 1 is 0.964 bits per heavy atom. The molecule has 0 heterocycles. The van der Waals surface area contributed by atoms with E-state index in [1.807, 2.05) is 60.7 Å². The quantitative estimate of drug-likeness (QED) is 0.485. The molecule has 0 saturated heterocycles. The molecule has 0 aliphatic heterocycles. The van der Waals surface area contributed by atoms with Crippen molar-refractivity contribution in [3.05, 3.63) is 88.4 Å². The molecule has 1 aliphatic rings. The molecule has 3 aromatic carbocycles. The summed E-state index contributed by atoms with van der Waals surface area (Å²) in [6.07, 6.45) is -0.508. The minimum Gasteiger partial charge on any atom is -0.452 e. The average molecular weight is 453 g/mol. The molecule has 0 radical (unpaired) electrons. The predicted octanol–water partition coefficient (Wildman–Crippen LogP) is 5.98. The molecule has 28 heavy (non-hydrogen) atoms. The molecule has 1 N–H and O–H groups in total. The number of methoxy groups -OCH3 is 1. The first-order valence-corrected chi connectivity index (χ1v) is 9.92. The van der Waals surface area contributed by atoms with Gasteiger partial charge in [-0.15, -0.1) is 0 Å². The van der Waals surface area contributed by atoms with E-state index < -0.39 is 6.09 Å². The Morgan fingerprint density at radius 2 is 1.50 bits per heavy atom. The summed E-state index contributed by atoms with van der Waals surface area (Å²) in [5.74, 6) is 0. The van der Waals surface area contributed by atoms with Crippen LogP contribution in [0.25, 0.3) is 11.1 Å². The average Bonchev–Trinajstić information content (AvgIpc) is 3.04. The van der Waals surface area contributed by atoms with Crippen LogP contribution in [0.3, 0.4) is 0 Å². The van der Waals surface area contributed by atoms with Crippen molar-refractivity contribution in [3.8, 4) is 11.1 Å². The van der Waals surface area contributed by atoms with Gasteiger partial charge in [0.05, 0.1) is 13.2 Å². The van der Waals surface area contributed by atoms with Crippen molar-refractivity contribution in [3.63, 3.8) is 0 Å². The Bertz CT molecular complexity index is 1010. The summed E-state index contributed by atoms with van der Waals surface area (Å²) >= 11 is 9.05. The van der Waals surface area contributed by atoms with E-state index in [0.717, 1.165) is 32.4 Å². The number of nitrogens with one attached hydrogen (secondary N) is 1. The summed E-state index contributed by atoms with van der Waals surface area (Å²) in [6.45, 7) is 0. The largest absolute Gasteiger partial charge is 0.452 e. The van der Waals surface area contributed by atoms with E-state index in [-0.39, 0.29) is 11.2 Å². The molecule has 0 aromatic heterocycles. The van der Waals surface area contributed by atoms with E-state index in [1.165, 1.54) is 12.0 Å². The number of carbonyl (C=O) groups is 1. The van der Waals surface area contributed by atoms with Gasteiger partial charge in [0.1, 0.15) is 0 Å². The summed E-state index contributed by atoms with van der Waals surface area (Å²) in [7, 11) is 1.37. The van der Waals surface area contributed by atoms with E-state index in [2.05, 4.69) is 33.4 Å². The second-order valence-electron chi connectivity index (χ2n) is 6.35. The van der Waals surface area contributed by atoms with Gasteiger partial charge < -0.3 is 10.1 Å². The monoisotopic (exact) mass is 452 g/mol. The lowest BCUT2D eigenvalue weighted by Crippen LogP contribution is -2.42. The maximum Gasteiger partial charge on any atom is 0.416 e. The van der Waals surface area contributed by atoms with Gasteiger partial charge in [0, 0.05) is 10.2 Å². The molecule has 0 fully saturated rings. The SMILES string of the molecule is COC(=O)N(C(=S)Nc1ccc(Br)cc1)C1c2ccccc2-c2ccccc21. The smallest absolute Gasteiger partial charge is 0.416 e. The summed E-state index contributed by atoms with van der Waals surface area (Å²) in [4.78, 5) is 14.3. The Hall–Kier alpha value is -2.70. The van der Waals surface area contributed by atoms with Crippen LogP contribution in [0.5, 0.6) is 0 Å². The van der Waals surface area contributed by atoms with E-state index in [9.17, 15) is 4.79 Å². The number of thiocarbonyl (C=S) groups is 1. The summed E-state index contributed by atoms with van der Waals surface area (Å²) in [6, 6.07) is 23.4. The number of rotatable bonds is 2. The number of amides is 1. The Kier molecular flexibility index (Phi) is 5.15. The van der Waals surface area contributed by atoms with Gasteiger partial charge in [0.25, 0.3) is 0 Å². The van der Waals surface area contributed by atoms with E-state index in [4.69, 9.17) is 17.0 Å². The normalized spacial score (nSPS) is 12.1. The topological polar surface area (TPSA) is 41.6 Å². The zero-order valence-corrected chi connectivity index (χ0v) is 17.5. The van der Waals surface area contributed by atoms with Crippen molar-refractivity contribution >= 4 is 45.0 Å². The standard InChI is InChI=1S/C22H17BrN2O2S/c1-27-22(26)25(21(28)24-15-12-10-14(23)11-13-15)20-18-8-4-2-6-16(18)17-7-3-5-9-19(17)20/h2-13,20H,1H3,(H,24,28). The van der Waals surface area contributed by atoms with Crippen molar-refractivity contribution in [1.82, 2.24) is 4.90 Å². The third kappa shape index (κ3) is 3.30. The third-order valence-electron chi connectivity index (χ3n) is 4.74. The molecule has 0 bridgehead atoms. The fraction of sp³-hybridized carbons (Fsp3) is 0.0909. The predicted molar refractivity (Wildman–Crippen MR) is 118 cm³/mol. The number of hydrogen-bond donors (Lipinski definition) is 1. The second-order valence-corrected chi connectivity index (χ2v) is 7.66. The molecule has 0 atom stereocenters. The van der Waals surface area contributed by atoms with Gasteiger partial charge in [-0.25, -0.2) is 9.69 Å². The van der Waals surface area contributed by atoms with Gasteiger partial charge in [0.2, 0.25) is 0 Å². The molecule has 140 valence electrons. The van der Waals surface area contributed by atoms with Gasteiger partial charge >= 0.3 is 6.09 Å². The number of benzene rings is 3. The highest BCUT2D eigenvalue weighted by molar-refractivity contribution is 9.10. The van der Waals surface area contributed by atoms with Crippen LogP contribution in [0, 0.1) is 0 Å². The molecule has 3 aromatic rings. The fourth-order valence-corrected chi connectivity index (χ4v) is 4.09. The van der Waals surface area contributed by atoms with Gasteiger partial charge in [-0.05, 0) is 58.7 Å². The minimum absolute atomic E-state index is 0.283. The molecule has 0 saturated carbocycles. The molecular formula is C22H17BrN2O2S. The first-order chi connectivity index (χ1) is 13.6. The van der Waals surface area contributed by atoms with E-state index >= 15 is 0 Å². The van der Waals surface area contributed by atoms with Gasteiger partial charge in [-0.2, -0.15) is 0 Å². The van der Waals surface area contributed by atoms with Gasteiger partial charge in [-0.3, -0.25) is 0 Å². The Morgan fingerprint density at radius 3 is 2.04 bits per heavy atom. The maximum atomic E-state index is 12.8. The summed E-state index contributed by atoms with van der Waals surface area (Å²) in [5.41, 5.74) is 5.04. The van der Waals surface area contributed by atoms with Crippen LogP contribution in [-0.4, -0.2) is 23.2 Å². The highest BCUT2D eigenvalue weighted by Gasteiger charge is 2.38. The van der Waals surface area contributed by atoms with Crippen molar-refractivity contribution in [2.24, 2.45) is 0 Å². The first-order valence-electron chi connectivity index (χ1n) is 8.72. The van der Waals surface area contributed by atoms with Crippen molar-refractivity contribution in [2.45, 2.75) is 6.04 Å². The van der Waals surface area contributed by atoms with E-state index in [1.54, 1.807) is 0 Å². The fourth-order valence-electron chi connectivity index (χ4n) is 3.53. The van der Waals surface area contributed by atoms with Crippen LogP contribution in [-0.2, 0) is 4.74 Å². The number of hydrogen-bond acceptors (Lipinski definition) is 3. The second kappa shape index (κ2) is 7.73. The number of nitrogens with zero attached hydrogens (tertiary/aromatic N) is 1. The van der Waals surface area contributed by atoms with Gasteiger partial charge in [0.15, 0.2) is 5.11 Å². The molecule has 4 nitrogen and oxygen atoms in total. The highest BCUT2D eigenvalue weighted by atomic mass is 79.9. The third-order valence-corrected chi connectivity index (χ3v) is 5.57. The molecule has 0 spiro atoms. The van der Waals surface area contributed by atoms with Crippen molar-refractivity contribution in [2.75, 3.05) is 12.4 Å². The molecule has 1 aliphatic carbocycles. The lowest BCUT2D eigenvalue weighted by molar-refractivity contribution is 0.140. The van der Waals surface area contributed by atoms with Crippen molar-refractivity contribution in [1.29, 1.82) is 0 Å². The lowest BCUT2D eigenvalue weighted by atomic mass is 10.0. The van der Waals surface area contributed by atoms with Crippen LogP contribution in [0.1, 0.15) is 17.2 Å². The summed E-state index contributed by atoms with van der Waals surface area (Å²) in [5, 5.41) is 3.44. The summed E-state index contributed by atoms with van der Waals surface area (Å²) < 4.78 is 6.05. The number of carbonyl (C=O) groups excluding carboxylic acids is 1. The van der Waals surface area contributed by atoms with E-state index in [0.29, 0.717) is 0 Å². The number of anilines is 1. The number of halogens is 1. The van der Waals surface area contributed by atoms with Gasteiger partial charge in [-0.1, -0.05) is 64.5 Å². The number of ether oxygens (including phenoxy) is 1. The van der Waals surface area contributed by atoms with Crippen molar-refractivity contribution < 1.29 is 9.53 Å². The van der Waals surface area contributed by atoms with Crippen LogP contribution in [0.15, 0.2) is 77.3 Å². The molecule has 0 unspecified atom stereocenters. The van der Waals surface area contributed by atoms with Crippen LogP contribution in [0.2, 0.25) is 0 Å². The number of fused-ring (bicyclic) bond motifs is 3. The Labute approximate surface area is 177 Å². The zero-order chi connectivity index (χ0) is 19.7. The Balaban J connectivity index is 1.77. The first kappa shape index (κ1) is 18.7. The van der Waals surface area contributed by atoms with Crippen LogP contribution < -0.4 is 5.32 Å². The molecule has 1 amide bonds. The van der Waals surface area contributed by atoms with Crippen LogP contribution in [0.4, 0.5) is 10.5 Å². The lowest BCUT2D eigenvalue weighted by Gasteiger charge is -2.30. The van der Waals surface area contributed by atoms with Crippen LogP contribution >= 0.6 is 28.1 Å².